The van der Waals surface area contributed by atoms with Crippen LogP contribution in [0.3, 0.4) is 0 Å². The number of aromatic nitrogens is 3. The van der Waals surface area contributed by atoms with E-state index in [1.54, 1.807) is 0 Å². The summed E-state index contributed by atoms with van der Waals surface area (Å²) in [6.07, 6.45) is 0. The van der Waals surface area contributed by atoms with E-state index >= 15 is 0 Å². The van der Waals surface area contributed by atoms with Crippen molar-refractivity contribution in [2.24, 2.45) is 0 Å². The Morgan fingerprint density at radius 1 is 0.429 bits per heavy atom. The summed E-state index contributed by atoms with van der Waals surface area (Å²) in [6, 6.07) is 45.5. The highest BCUT2D eigenvalue weighted by Gasteiger charge is 2.16. The summed E-state index contributed by atoms with van der Waals surface area (Å²) in [7, 11) is 0. The van der Waals surface area contributed by atoms with Gasteiger partial charge >= 0.3 is 0 Å². The molecule has 2 aromatic heterocycles. The van der Waals surface area contributed by atoms with E-state index in [0.717, 1.165) is 55.3 Å². The van der Waals surface area contributed by atoms with Crippen molar-refractivity contribution in [1.82, 2.24) is 15.0 Å². The summed E-state index contributed by atoms with van der Waals surface area (Å²) in [6.45, 7) is 0. The second-order valence-corrected chi connectivity index (χ2v) is 10.6. The number of fused-ring (bicyclic) bond motifs is 4. The van der Waals surface area contributed by atoms with Crippen LogP contribution in [0.1, 0.15) is 0 Å². The molecule has 0 radical (unpaired) electrons. The molecule has 0 aliphatic rings. The van der Waals surface area contributed by atoms with Crippen LogP contribution >= 0.6 is 11.6 Å². The van der Waals surface area contributed by atoms with E-state index in [1.807, 2.05) is 48.5 Å². The maximum atomic E-state index is 6.53. The van der Waals surface area contributed by atoms with Crippen molar-refractivity contribution in [3.8, 4) is 45.0 Å². The molecule has 4 nitrogen and oxygen atoms in total. The second kappa shape index (κ2) is 9.95. The Morgan fingerprint density at radius 2 is 1.14 bits per heavy atom. The first-order chi connectivity index (χ1) is 20.7. The van der Waals surface area contributed by atoms with Gasteiger partial charge in [-0.2, -0.15) is 9.97 Å². The molecule has 6 aromatic carbocycles. The molecule has 0 atom stereocenters. The van der Waals surface area contributed by atoms with Gasteiger partial charge in [0.1, 0.15) is 11.2 Å². The van der Waals surface area contributed by atoms with Crippen LogP contribution in [0, 0.1) is 0 Å². The molecule has 0 fully saturated rings. The van der Waals surface area contributed by atoms with Crippen LogP contribution in [-0.4, -0.2) is 15.0 Å². The highest BCUT2D eigenvalue weighted by Crippen LogP contribution is 2.37. The minimum absolute atomic E-state index is 0.146. The normalized spacial score (nSPS) is 11.5. The third kappa shape index (κ3) is 4.21. The Bertz CT molecular complexity index is 2270. The SMILES string of the molecule is Clc1nc(-c2ccc3oc4cc(-c5ccccc5)ccc4c3c2)nc(-c2ccccc2-c2cccc3ccccc23)n1. The fourth-order valence-electron chi connectivity index (χ4n) is 5.70. The second-order valence-electron chi connectivity index (χ2n) is 10.2. The molecule has 0 spiro atoms. The van der Waals surface area contributed by atoms with E-state index < -0.39 is 0 Å². The molecule has 8 rings (SSSR count). The Kier molecular flexibility index (Phi) is 5.80. The van der Waals surface area contributed by atoms with Crippen LogP contribution in [0.15, 0.2) is 138 Å². The van der Waals surface area contributed by atoms with Crippen LogP contribution in [-0.2, 0) is 0 Å². The molecule has 0 aliphatic heterocycles. The molecule has 0 amide bonds. The van der Waals surface area contributed by atoms with Crippen LogP contribution in [0.25, 0.3) is 77.7 Å². The number of hydrogen-bond donors (Lipinski definition) is 0. The molecule has 2 heterocycles. The molecule has 0 unspecified atom stereocenters. The molecule has 198 valence electrons. The van der Waals surface area contributed by atoms with Gasteiger partial charge in [0.25, 0.3) is 0 Å². The van der Waals surface area contributed by atoms with E-state index in [1.165, 1.54) is 10.8 Å². The van der Waals surface area contributed by atoms with Gasteiger partial charge < -0.3 is 4.42 Å². The fraction of sp³-hybridized carbons (Fsp3) is 0. The first kappa shape index (κ1) is 24.5. The summed E-state index contributed by atoms with van der Waals surface area (Å²) < 4.78 is 6.24. The number of benzene rings is 6. The molecule has 0 saturated carbocycles. The molecular formula is C37H22ClN3O. The lowest BCUT2D eigenvalue weighted by molar-refractivity contribution is 0.669. The van der Waals surface area contributed by atoms with Crippen molar-refractivity contribution in [3.63, 3.8) is 0 Å². The summed E-state index contributed by atoms with van der Waals surface area (Å²) >= 11 is 6.53. The molecule has 5 heteroatoms. The Labute approximate surface area is 246 Å². The lowest BCUT2D eigenvalue weighted by Crippen LogP contribution is -1.98. The highest BCUT2D eigenvalue weighted by atomic mass is 35.5. The first-order valence-corrected chi connectivity index (χ1v) is 14.1. The Balaban J connectivity index is 1.24. The van der Waals surface area contributed by atoms with E-state index in [9.17, 15) is 0 Å². The van der Waals surface area contributed by atoms with Crippen molar-refractivity contribution < 1.29 is 4.42 Å². The van der Waals surface area contributed by atoms with Gasteiger partial charge in [-0.25, -0.2) is 4.98 Å². The maximum Gasteiger partial charge on any atom is 0.226 e. The quantitative estimate of drug-likeness (QED) is 0.215. The van der Waals surface area contributed by atoms with E-state index in [-0.39, 0.29) is 5.28 Å². The third-order valence-electron chi connectivity index (χ3n) is 7.69. The average Bonchev–Trinajstić information content (AvgIpc) is 3.42. The third-order valence-corrected chi connectivity index (χ3v) is 7.86. The van der Waals surface area contributed by atoms with Crippen molar-refractivity contribution in [2.45, 2.75) is 0 Å². The minimum atomic E-state index is 0.146. The standard InChI is InChI=1S/C37H22ClN3O/c38-37-40-35(26-18-20-33-32(21-26)30-19-17-25(22-34(30)42-33)23-9-2-1-3-10-23)39-36(41-37)31-15-7-6-14-29(31)28-16-8-12-24-11-4-5-13-27(24)28/h1-22H. The predicted molar refractivity (Wildman–Crippen MR) is 171 cm³/mol. The predicted octanol–water partition coefficient (Wildman–Crippen LogP) is 10.2. The monoisotopic (exact) mass is 559 g/mol. The average molecular weight is 560 g/mol. The van der Waals surface area contributed by atoms with Crippen molar-refractivity contribution in [3.05, 3.63) is 139 Å². The molecule has 0 aliphatic carbocycles. The van der Waals surface area contributed by atoms with E-state index in [0.29, 0.717) is 11.6 Å². The maximum absolute atomic E-state index is 6.53. The zero-order chi connectivity index (χ0) is 28.0. The molecule has 0 N–H and O–H groups in total. The van der Waals surface area contributed by atoms with Gasteiger partial charge in [0.15, 0.2) is 11.6 Å². The largest absolute Gasteiger partial charge is 0.456 e. The van der Waals surface area contributed by atoms with Gasteiger partial charge in [-0.05, 0) is 75.0 Å². The lowest BCUT2D eigenvalue weighted by Gasteiger charge is -2.12. The smallest absolute Gasteiger partial charge is 0.226 e. The molecule has 0 bridgehead atoms. The van der Waals surface area contributed by atoms with Gasteiger partial charge in [0.2, 0.25) is 5.28 Å². The van der Waals surface area contributed by atoms with Gasteiger partial charge in [0.05, 0.1) is 0 Å². The van der Waals surface area contributed by atoms with Gasteiger partial charge in [-0.1, -0.05) is 103 Å². The van der Waals surface area contributed by atoms with Crippen LogP contribution in [0.2, 0.25) is 5.28 Å². The summed E-state index contributed by atoms with van der Waals surface area (Å²) in [5.41, 5.74) is 7.78. The summed E-state index contributed by atoms with van der Waals surface area (Å²) in [5.74, 6) is 1.04. The Hall–Kier alpha value is -5.32. The zero-order valence-corrected chi connectivity index (χ0v) is 23.1. The van der Waals surface area contributed by atoms with Crippen LogP contribution < -0.4 is 0 Å². The number of nitrogens with zero attached hydrogens (tertiary/aromatic N) is 3. The van der Waals surface area contributed by atoms with Gasteiger partial charge in [-0.3, -0.25) is 0 Å². The summed E-state index contributed by atoms with van der Waals surface area (Å²) in [5, 5.41) is 4.52. The molecule has 42 heavy (non-hydrogen) atoms. The Morgan fingerprint density at radius 3 is 2.05 bits per heavy atom. The zero-order valence-electron chi connectivity index (χ0n) is 22.3. The summed E-state index contributed by atoms with van der Waals surface area (Å²) in [4.78, 5) is 14.0. The topological polar surface area (TPSA) is 51.8 Å². The minimum Gasteiger partial charge on any atom is -0.456 e. The lowest BCUT2D eigenvalue weighted by atomic mass is 9.94. The molecular weight excluding hydrogens is 538 g/mol. The number of hydrogen-bond acceptors (Lipinski definition) is 4. The number of furan rings is 1. The van der Waals surface area contributed by atoms with Crippen LogP contribution in [0.4, 0.5) is 0 Å². The van der Waals surface area contributed by atoms with Crippen molar-refractivity contribution in [1.29, 1.82) is 0 Å². The van der Waals surface area contributed by atoms with E-state index in [2.05, 4.69) is 94.9 Å². The molecule has 0 saturated heterocycles. The number of halogens is 1. The number of rotatable bonds is 4. The van der Waals surface area contributed by atoms with Gasteiger partial charge in [0, 0.05) is 21.9 Å². The van der Waals surface area contributed by atoms with E-state index in [4.69, 9.17) is 21.0 Å². The van der Waals surface area contributed by atoms with Crippen molar-refractivity contribution in [2.75, 3.05) is 0 Å². The van der Waals surface area contributed by atoms with Gasteiger partial charge in [-0.15, -0.1) is 0 Å². The molecule has 8 aromatic rings. The van der Waals surface area contributed by atoms with Crippen LogP contribution in [0.5, 0.6) is 0 Å². The van der Waals surface area contributed by atoms with Crippen molar-refractivity contribution >= 4 is 44.3 Å². The highest BCUT2D eigenvalue weighted by molar-refractivity contribution is 6.28. The first-order valence-electron chi connectivity index (χ1n) is 13.7. The fourth-order valence-corrected chi connectivity index (χ4v) is 5.86.